The smallest absolute Gasteiger partial charge is 0.0751 e. The molecule has 0 aliphatic carbocycles. The van der Waals surface area contributed by atoms with E-state index >= 15 is 0 Å². The monoisotopic (exact) mass is 197 g/mol. The molecule has 0 aliphatic rings. The van der Waals surface area contributed by atoms with Crippen molar-refractivity contribution in [2.45, 2.75) is 46.6 Å². The predicted molar refractivity (Wildman–Crippen MR) is 61.2 cm³/mol. The van der Waals surface area contributed by atoms with E-state index in [0.29, 0.717) is 6.04 Å². The molecule has 82 valence electrons. The molecule has 0 amide bonds. The third kappa shape index (κ3) is 6.63. The van der Waals surface area contributed by atoms with Crippen molar-refractivity contribution in [2.24, 2.45) is 16.1 Å². The fourth-order valence-electron chi connectivity index (χ4n) is 1.35. The summed E-state index contributed by atoms with van der Waals surface area (Å²) < 4.78 is 0. The SMILES string of the molecule is CCC(CC(C)C)N/C=C(C)\N=N/C. The molecule has 3 heteroatoms. The largest absolute Gasteiger partial charge is 0.387 e. The molecule has 14 heavy (non-hydrogen) atoms. The van der Waals surface area contributed by atoms with E-state index in [1.54, 1.807) is 7.05 Å². The number of rotatable bonds is 6. The second kappa shape index (κ2) is 7.54. The van der Waals surface area contributed by atoms with Crippen molar-refractivity contribution < 1.29 is 0 Å². The van der Waals surface area contributed by atoms with Gasteiger partial charge < -0.3 is 5.32 Å². The van der Waals surface area contributed by atoms with Gasteiger partial charge in [-0.15, -0.1) is 0 Å². The Hall–Kier alpha value is -0.860. The van der Waals surface area contributed by atoms with Crippen molar-refractivity contribution in [1.29, 1.82) is 0 Å². The average molecular weight is 197 g/mol. The van der Waals surface area contributed by atoms with Gasteiger partial charge in [-0.2, -0.15) is 10.2 Å². The maximum Gasteiger partial charge on any atom is 0.0751 e. The molecule has 0 aliphatic heterocycles. The molecule has 0 radical (unpaired) electrons. The number of hydrogen-bond acceptors (Lipinski definition) is 3. The minimum atomic E-state index is 0.553. The second-order valence-electron chi connectivity index (χ2n) is 3.99. The summed E-state index contributed by atoms with van der Waals surface area (Å²) in [5.74, 6) is 0.731. The number of nitrogens with zero attached hydrogens (tertiary/aromatic N) is 2. The minimum Gasteiger partial charge on any atom is -0.387 e. The molecule has 0 aromatic heterocycles. The topological polar surface area (TPSA) is 36.8 Å². The highest BCUT2D eigenvalue weighted by atomic mass is 15.1. The Bertz CT molecular complexity index is 195. The molecule has 0 spiro atoms. The van der Waals surface area contributed by atoms with Crippen LogP contribution < -0.4 is 5.32 Å². The number of allylic oxidation sites excluding steroid dienone is 1. The molecule has 1 unspecified atom stereocenters. The average Bonchev–Trinajstić information content (AvgIpc) is 2.12. The van der Waals surface area contributed by atoms with Crippen LogP contribution in [0.15, 0.2) is 22.1 Å². The van der Waals surface area contributed by atoms with Gasteiger partial charge in [0.15, 0.2) is 0 Å². The van der Waals surface area contributed by atoms with Crippen LogP contribution in [0.4, 0.5) is 0 Å². The number of azo groups is 1. The van der Waals surface area contributed by atoms with Crippen molar-refractivity contribution in [3.8, 4) is 0 Å². The normalized spacial score (nSPS) is 15.1. The molecular weight excluding hydrogens is 174 g/mol. The first-order chi connectivity index (χ1) is 6.60. The van der Waals surface area contributed by atoms with Crippen molar-refractivity contribution in [3.05, 3.63) is 11.9 Å². The molecule has 0 fully saturated rings. The molecule has 3 nitrogen and oxygen atoms in total. The highest BCUT2D eigenvalue weighted by Crippen LogP contribution is 2.07. The molecule has 0 rings (SSSR count). The minimum absolute atomic E-state index is 0.553. The van der Waals surface area contributed by atoms with E-state index in [9.17, 15) is 0 Å². The lowest BCUT2D eigenvalue weighted by Crippen LogP contribution is -2.25. The second-order valence-corrected chi connectivity index (χ2v) is 3.99. The lowest BCUT2D eigenvalue weighted by molar-refractivity contribution is 0.444. The van der Waals surface area contributed by atoms with E-state index in [1.165, 1.54) is 6.42 Å². The third-order valence-electron chi connectivity index (χ3n) is 2.03. The van der Waals surface area contributed by atoms with Crippen LogP contribution in [0.3, 0.4) is 0 Å². The zero-order valence-corrected chi connectivity index (χ0v) is 10.0. The first-order valence-corrected chi connectivity index (χ1v) is 5.32. The van der Waals surface area contributed by atoms with E-state index in [2.05, 4.69) is 36.3 Å². The van der Waals surface area contributed by atoms with Gasteiger partial charge in [-0.05, 0) is 25.7 Å². The summed E-state index contributed by atoms with van der Waals surface area (Å²) in [6.45, 7) is 8.63. The Labute approximate surface area is 87.7 Å². The predicted octanol–water partition coefficient (Wildman–Crippen LogP) is 3.34. The van der Waals surface area contributed by atoms with Crippen LogP contribution in [0.25, 0.3) is 0 Å². The van der Waals surface area contributed by atoms with Crippen molar-refractivity contribution >= 4 is 0 Å². The molecule has 0 aromatic carbocycles. The van der Waals surface area contributed by atoms with Crippen molar-refractivity contribution in [1.82, 2.24) is 5.32 Å². The quantitative estimate of drug-likeness (QED) is 0.651. The van der Waals surface area contributed by atoms with E-state index in [0.717, 1.165) is 18.0 Å². The third-order valence-corrected chi connectivity index (χ3v) is 2.03. The Balaban J connectivity index is 3.99. The van der Waals surface area contributed by atoms with E-state index < -0.39 is 0 Å². The number of nitrogens with one attached hydrogen (secondary N) is 1. The highest BCUT2D eigenvalue weighted by Gasteiger charge is 2.05. The summed E-state index contributed by atoms with van der Waals surface area (Å²) >= 11 is 0. The fraction of sp³-hybridized carbons (Fsp3) is 0.818. The molecule has 0 aromatic rings. The van der Waals surface area contributed by atoms with Gasteiger partial charge in [-0.1, -0.05) is 20.8 Å². The molecular formula is C11H23N3. The summed E-state index contributed by atoms with van der Waals surface area (Å²) in [5, 5.41) is 11.0. The van der Waals surface area contributed by atoms with Crippen LogP contribution in [-0.4, -0.2) is 13.1 Å². The molecule has 1 N–H and O–H groups in total. The number of hydrogen-bond donors (Lipinski definition) is 1. The molecule has 1 atom stereocenters. The summed E-state index contributed by atoms with van der Waals surface area (Å²) in [4.78, 5) is 0. The molecule has 0 saturated heterocycles. The highest BCUT2D eigenvalue weighted by molar-refractivity contribution is 4.94. The van der Waals surface area contributed by atoms with Gasteiger partial charge in [0, 0.05) is 19.3 Å². The van der Waals surface area contributed by atoms with Gasteiger partial charge in [0.2, 0.25) is 0 Å². The Kier molecular flexibility index (Phi) is 7.07. The summed E-state index contributed by atoms with van der Waals surface area (Å²) in [6.07, 6.45) is 4.29. The standard InChI is InChI=1S/C11H23N3/c1-6-11(7-9(2)3)13-8-10(4)14-12-5/h8-9,11,13H,6-7H2,1-5H3/b10-8-,14-12-. The summed E-state index contributed by atoms with van der Waals surface area (Å²) in [6, 6.07) is 0.553. The maximum absolute atomic E-state index is 3.93. The van der Waals surface area contributed by atoms with Crippen LogP contribution in [-0.2, 0) is 0 Å². The van der Waals surface area contributed by atoms with Crippen LogP contribution in [0, 0.1) is 5.92 Å². The van der Waals surface area contributed by atoms with E-state index in [4.69, 9.17) is 0 Å². The van der Waals surface area contributed by atoms with Gasteiger partial charge in [0.25, 0.3) is 0 Å². The van der Waals surface area contributed by atoms with Gasteiger partial charge in [0.05, 0.1) is 5.70 Å². The maximum atomic E-state index is 3.93. The van der Waals surface area contributed by atoms with Gasteiger partial charge >= 0.3 is 0 Å². The zero-order chi connectivity index (χ0) is 11.0. The Morgan fingerprint density at radius 3 is 2.50 bits per heavy atom. The van der Waals surface area contributed by atoms with Crippen molar-refractivity contribution in [2.75, 3.05) is 7.05 Å². The van der Waals surface area contributed by atoms with Crippen LogP contribution >= 0.6 is 0 Å². The fourth-order valence-corrected chi connectivity index (χ4v) is 1.35. The summed E-state index contributed by atoms with van der Waals surface area (Å²) in [5.41, 5.74) is 0.926. The van der Waals surface area contributed by atoms with Crippen LogP contribution in [0.2, 0.25) is 0 Å². The lowest BCUT2D eigenvalue weighted by Gasteiger charge is -2.17. The van der Waals surface area contributed by atoms with E-state index in [1.807, 2.05) is 13.1 Å². The Morgan fingerprint density at radius 2 is 2.07 bits per heavy atom. The summed E-state index contributed by atoms with van der Waals surface area (Å²) in [7, 11) is 1.68. The van der Waals surface area contributed by atoms with E-state index in [-0.39, 0.29) is 0 Å². The molecule has 0 heterocycles. The lowest BCUT2D eigenvalue weighted by atomic mass is 10.0. The molecule has 0 saturated carbocycles. The molecule has 0 bridgehead atoms. The first kappa shape index (κ1) is 13.1. The van der Waals surface area contributed by atoms with Gasteiger partial charge in [0.1, 0.15) is 0 Å². The first-order valence-electron chi connectivity index (χ1n) is 5.32. The van der Waals surface area contributed by atoms with Gasteiger partial charge in [-0.25, -0.2) is 0 Å². The van der Waals surface area contributed by atoms with Crippen molar-refractivity contribution in [3.63, 3.8) is 0 Å². The Morgan fingerprint density at radius 1 is 1.43 bits per heavy atom. The van der Waals surface area contributed by atoms with Crippen LogP contribution in [0.5, 0.6) is 0 Å². The zero-order valence-electron chi connectivity index (χ0n) is 10.0. The van der Waals surface area contributed by atoms with Crippen LogP contribution in [0.1, 0.15) is 40.5 Å². The van der Waals surface area contributed by atoms with Gasteiger partial charge in [-0.3, -0.25) is 0 Å².